The number of rotatable bonds is 3. The summed E-state index contributed by atoms with van der Waals surface area (Å²) in [6.45, 7) is 1.35. The summed E-state index contributed by atoms with van der Waals surface area (Å²) in [7, 11) is 1.73. The van der Waals surface area contributed by atoms with Crippen LogP contribution in [0.25, 0.3) is 11.1 Å². The minimum absolute atomic E-state index is 0.392. The fourth-order valence-corrected chi connectivity index (χ4v) is 1.74. The van der Waals surface area contributed by atoms with E-state index in [0.717, 1.165) is 5.56 Å². The van der Waals surface area contributed by atoms with Crippen LogP contribution >= 0.6 is 11.6 Å². The minimum atomic E-state index is -0.392. The van der Waals surface area contributed by atoms with E-state index in [-0.39, 0.29) is 0 Å². The van der Waals surface area contributed by atoms with Crippen molar-refractivity contribution in [2.75, 3.05) is 12.4 Å². The summed E-state index contributed by atoms with van der Waals surface area (Å²) >= 11 is 5.97. The smallest absolute Gasteiger partial charge is 0.308 e. The van der Waals surface area contributed by atoms with Crippen molar-refractivity contribution in [2.45, 2.75) is 6.92 Å². The monoisotopic (exact) mass is 277 g/mol. The molecule has 0 bridgehead atoms. The Morgan fingerprint density at radius 1 is 1.32 bits per heavy atom. The Labute approximate surface area is 115 Å². The number of halogens is 1. The van der Waals surface area contributed by atoms with E-state index in [1.54, 1.807) is 37.6 Å². The Hall–Kier alpha value is -2.14. The maximum Gasteiger partial charge on any atom is 0.308 e. The third kappa shape index (κ3) is 3.20. The average Bonchev–Trinajstić information content (AvgIpc) is 2.40. The van der Waals surface area contributed by atoms with Crippen molar-refractivity contribution in [3.63, 3.8) is 0 Å². The number of hydrogen-bond acceptors (Lipinski definition) is 5. The largest absolute Gasteiger partial charge is 0.426 e. The van der Waals surface area contributed by atoms with E-state index in [1.807, 2.05) is 0 Å². The normalized spacial score (nSPS) is 10.1. The predicted octanol–water partition coefficient (Wildman–Crippen LogP) is 2.76. The molecule has 1 N–H and O–H groups in total. The summed E-state index contributed by atoms with van der Waals surface area (Å²) < 4.78 is 5.14. The van der Waals surface area contributed by atoms with Crippen molar-refractivity contribution < 1.29 is 9.53 Å². The second-order valence-electron chi connectivity index (χ2n) is 3.78. The zero-order valence-electron chi connectivity index (χ0n) is 10.5. The molecule has 0 saturated heterocycles. The first-order valence-electron chi connectivity index (χ1n) is 5.58. The third-order valence-corrected chi connectivity index (χ3v) is 2.62. The molecule has 1 heterocycles. The van der Waals surface area contributed by atoms with Gasteiger partial charge in [0.15, 0.2) is 0 Å². The molecule has 0 aliphatic heterocycles. The van der Waals surface area contributed by atoms with Crippen LogP contribution in [0.4, 0.5) is 5.95 Å². The second-order valence-corrected chi connectivity index (χ2v) is 4.22. The minimum Gasteiger partial charge on any atom is -0.426 e. The summed E-state index contributed by atoms with van der Waals surface area (Å²) in [6, 6.07) is 5.01. The summed E-state index contributed by atoms with van der Waals surface area (Å²) in [5.41, 5.74) is 1.39. The lowest BCUT2D eigenvalue weighted by atomic mass is 10.1. The van der Waals surface area contributed by atoms with Crippen molar-refractivity contribution in [2.24, 2.45) is 0 Å². The van der Waals surface area contributed by atoms with Gasteiger partial charge in [0.1, 0.15) is 5.75 Å². The van der Waals surface area contributed by atoms with Crippen LogP contribution in [-0.4, -0.2) is 23.0 Å². The van der Waals surface area contributed by atoms with Gasteiger partial charge in [0.2, 0.25) is 5.95 Å². The molecule has 2 rings (SSSR count). The van der Waals surface area contributed by atoms with E-state index < -0.39 is 5.97 Å². The van der Waals surface area contributed by atoms with E-state index in [2.05, 4.69) is 15.3 Å². The van der Waals surface area contributed by atoms with Gasteiger partial charge in [-0.05, 0) is 18.2 Å². The van der Waals surface area contributed by atoms with E-state index in [9.17, 15) is 4.79 Å². The van der Waals surface area contributed by atoms with E-state index in [0.29, 0.717) is 22.3 Å². The number of aromatic nitrogens is 2. The Morgan fingerprint density at radius 3 is 2.58 bits per heavy atom. The number of nitrogens with zero attached hydrogens (tertiary/aromatic N) is 2. The highest BCUT2D eigenvalue weighted by Crippen LogP contribution is 2.32. The van der Waals surface area contributed by atoms with Gasteiger partial charge in [0, 0.05) is 42.5 Å². The highest BCUT2D eigenvalue weighted by Gasteiger charge is 2.10. The molecule has 0 radical (unpaired) electrons. The quantitative estimate of drug-likeness (QED) is 0.690. The average molecular weight is 278 g/mol. The van der Waals surface area contributed by atoms with Gasteiger partial charge in [-0.1, -0.05) is 11.6 Å². The molecule has 0 spiro atoms. The standard InChI is InChI=1S/C13H12ClN3O2/c1-8(18)19-12-4-3-10(14)5-11(12)9-6-16-13(15-2)17-7-9/h3-7H,1-2H3,(H,15,16,17). The molecule has 6 heteroatoms. The number of carbonyl (C=O) groups is 1. The van der Waals surface area contributed by atoms with Gasteiger partial charge < -0.3 is 10.1 Å². The van der Waals surface area contributed by atoms with Gasteiger partial charge in [-0.2, -0.15) is 0 Å². The molecule has 0 atom stereocenters. The maximum atomic E-state index is 11.1. The summed E-state index contributed by atoms with van der Waals surface area (Å²) in [6.07, 6.45) is 3.27. The van der Waals surface area contributed by atoms with E-state index in [4.69, 9.17) is 16.3 Å². The molecular weight excluding hydrogens is 266 g/mol. The lowest BCUT2D eigenvalue weighted by Crippen LogP contribution is -2.03. The van der Waals surface area contributed by atoms with Crippen LogP contribution in [0.3, 0.4) is 0 Å². The molecule has 0 aliphatic carbocycles. The first-order chi connectivity index (χ1) is 9.10. The Balaban J connectivity index is 2.46. The number of carbonyl (C=O) groups excluding carboxylic acids is 1. The fourth-order valence-electron chi connectivity index (χ4n) is 1.57. The molecule has 98 valence electrons. The summed E-state index contributed by atoms with van der Waals surface area (Å²) in [5, 5.41) is 3.38. The van der Waals surface area contributed by atoms with Crippen LogP contribution in [0.2, 0.25) is 5.02 Å². The summed E-state index contributed by atoms with van der Waals surface area (Å²) in [5.74, 6) is 0.550. The number of ether oxygens (including phenoxy) is 1. The second kappa shape index (κ2) is 5.67. The summed E-state index contributed by atoms with van der Waals surface area (Å²) in [4.78, 5) is 19.3. The molecule has 1 aromatic heterocycles. The lowest BCUT2D eigenvalue weighted by Gasteiger charge is -2.09. The maximum absolute atomic E-state index is 11.1. The van der Waals surface area contributed by atoms with E-state index in [1.165, 1.54) is 6.92 Å². The number of esters is 1. The van der Waals surface area contributed by atoms with Crippen molar-refractivity contribution in [3.05, 3.63) is 35.6 Å². The van der Waals surface area contributed by atoms with E-state index >= 15 is 0 Å². The molecule has 0 amide bonds. The van der Waals surface area contributed by atoms with Crippen LogP contribution in [0.1, 0.15) is 6.92 Å². The number of benzene rings is 1. The first kappa shape index (κ1) is 13.3. The highest BCUT2D eigenvalue weighted by molar-refractivity contribution is 6.31. The van der Waals surface area contributed by atoms with Crippen LogP contribution in [0.15, 0.2) is 30.6 Å². The van der Waals surface area contributed by atoms with Crippen molar-refractivity contribution in [3.8, 4) is 16.9 Å². The molecule has 5 nitrogen and oxygen atoms in total. The van der Waals surface area contributed by atoms with Crippen LogP contribution < -0.4 is 10.1 Å². The molecule has 1 aromatic carbocycles. The van der Waals surface area contributed by atoms with Crippen LogP contribution in [-0.2, 0) is 4.79 Å². The van der Waals surface area contributed by atoms with Crippen molar-refractivity contribution in [1.82, 2.24) is 9.97 Å². The molecule has 0 fully saturated rings. The Kier molecular flexibility index (Phi) is 3.97. The highest BCUT2D eigenvalue weighted by atomic mass is 35.5. The Bertz CT molecular complexity index is 599. The number of anilines is 1. The van der Waals surface area contributed by atoms with Gasteiger partial charge in [0.25, 0.3) is 0 Å². The molecule has 2 aromatic rings. The molecule has 0 unspecified atom stereocenters. The zero-order chi connectivity index (χ0) is 13.8. The van der Waals surface area contributed by atoms with Gasteiger partial charge >= 0.3 is 5.97 Å². The van der Waals surface area contributed by atoms with Crippen LogP contribution in [0, 0.1) is 0 Å². The lowest BCUT2D eigenvalue weighted by molar-refractivity contribution is -0.131. The first-order valence-corrected chi connectivity index (χ1v) is 5.96. The predicted molar refractivity (Wildman–Crippen MR) is 73.3 cm³/mol. The molecule has 0 aliphatic rings. The topological polar surface area (TPSA) is 64.1 Å². The van der Waals surface area contributed by atoms with Gasteiger partial charge in [-0.15, -0.1) is 0 Å². The Morgan fingerprint density at radius 2 is 2.00 bits per heavy atom. The molecular formula is C13H12ClN3O2. The number of nitrogens with one attached hydrogen (secondary N) is 1. The van der Waals surface area contributed by atoms with Gasteiger partial charge in [0.05, 0.1) is 0 Å². The van der Waals surface area contributed by atoms with Crippen molar-refractivity contribution in [1.29, 1.82) is 0 Å². The molecule has 19 heavy (non-hydrogen) atoms. The van der Waals surface area contributed by atoms with Gasteiger partial charge in [-0.25, -0.2) is 9.97 Å². The van der Waals surface area contributed by atoms with Crippen molar-refractivity contribution >= 4 is 23.5 Å². The SMILES string of the molecule is CNc1ncc(-c2cc(Cl)ccc2OC(C)=O)cn1. The van der Waals surface area contributed by atoms with Gasteiger partial charge in [-0.3, -0.25) is 4.79 Å². The molecule has 0 saturated carbocycles. The van der Waals surface area contributed by atoms with Crippen LogP contribution in [0.5, 0.6) is 5.75 Å². The third-order valence-electron chi connectivity index (χ3n) is 2.38. The number of hydrogen-bond donors (Lipinski definition) is 1. The fraction of sp³-hybridized carbons (Fsp3) is 0.154. The zero-order valence-corrected chi connectivity index (χ0v) is 11.2.